The molecule has 0 spiro atoms. The monoisotopic (exact) mass is 299 g/mol. The topological polar surface area (TPSA) is 29.5 Å². The molecule has 1 rings (SSSR count). The van der Waals surface area contributed by atoms with Crippen LogP contribution in [0.2, 0.25) is 0 Å². The molecule has 0 aromatic carbocycles. The van der Waals surface area contributed by atoms with Crippen molar-refractivity contribution in [3.05, 3.63) is 0 Å². The molecule has 0 bridgehead atoms. The molecule has 1 saturated heterocycles. The van der Waals surface area contributed by atoms with Crippen molar-refractivity contribution < 1.29 is 9.63 Å². The Morgan fingerprint density at radius 1 is 1.14 bits per heavy atom. The number of Topliss-reactive ketones (excluding diaryl/α,β-unsaturated/α-hetero) is 1. The maximum atomic E-state index is 12.1. The molecule has 1 heterocycles. The molecule has 0 aliphatic carbocycles. The third-order valence-corrected chi connectivity index (χ3v) is 4.47. The van der Waals surface area contributed by atoms with E-state index in [-0.39, 0.29) is 23.9 Å². The van der Waals surface area contributed by atoms with E-state index in [4.69, 9.17) is 4.84 Å². The van der Waals surface area contributed by atoms with Gasteiger partial charge in [0.05, 0.1) is 7.11 Å². The van der Waals surface area contributed by atoms with E-state index in [9.17, 15) is 4.79 Å². The van der Waals surface area contributed by atoms with Crippen molar-refractivity contribution in [1.82, 2.24) is 5.06 Å². The highest BCUT2D eigenvalue weighted by molar-refractivity contribution is 5.83. The van der Waals surface area contributed by atoms with Gasteiger partial charge in [0.25, 0.3) is 0 Å². The van der Waals surface area contributed by atoms with Gasteiger partial charge in [-0.25, -0.2) is 0 Å². The zero-order valence-corrected chi connectivity index (χ0v) is 14.7. The van der Waals surface area contributed by atoms with E-state index in [1.807, 2.05) is 20.8 Å². The fraction of sp³-hybridized carbons (Fsp3) is 0.944. The van der Waals surface area contributed by atoms with Crippen molar-refractivity contribution >= 4 is 5.78 Å². The van der Waals surface area contributed by atoms with Crippen molar-refractivity contribution in [2.75, 3.05) is 7.11 Å². The van der Waals surface area contributed by atoms with Gasteiger partial charge in [-0.05, 0) is 52.9 Å². The highest BCUT2D eigenvalue weighted by atomic mass is 16.7. The van der Waals surface area contributed by atoms with Gasteiger partial charge < -0.3 is 4.84 Å². The number of hydrogen-bond donors (Lipinski definition) is 0. The Labute approximate surface area is 132 Å². The van der Waals surface area contributed by atoms with Crippen molar-refractivity contribution in [2.45, 2.75) is 92.7 Å². The Hall–Kier alpha value is -0.410. The second-order valence-corrected chi connectivity index (χ2v) is 8.59. The van der Waals surface area contributed by atoms with E-state index in [1.165, 1.54) is 0 Å². The largest absolute Gasteiger partial charge is 0.301 e. The summed E-state index contributed by atoms with van der Waals surface area (Å²) in [6, 6.07) is 0. The molecule has 0 saturated carbocycles. The number of nitrogens with zero attached hydrogens (tertiary/aromatic N) is 1. The fourth-order valence-corrected chi connectivity index (χ4v) is 3.88. The number of ketones is 1. The number of rotatable bonds is 4. The van der Waals surface area contributed by atoms with E-state index < -0.39 is 0 Å². The Morgan fingerprint density at radius 3 is 1.90 bits per heavy atom. The van der Waals surface area contributed by atoms with Gasteiger partial charge in [0.2, 0.25) is 0 Å². The van der Waals surface area contributed by atoms with Crippen molar-refractivity contribution in [3.63, 3.8) is 0 Å². The summed E-state index contributed by atoms with van der Waals surface area (Å²) < 4.78 is 0. The Bertz CT molecular complexity index is 335. The maximum absolute atomic E-state index is 12.1. The van der Waals surface area contributed by atoms with Crippen LogP contribution in [0.3, 0.4) is 0 Å². The number of hydroxylamine groups is 2. The van der Waals surface area contributed by atoms with Gasteiger partial charge in [0.1, 0.15) is 5.78 Å². The maximum Gasteiger partial charge on any atom is 0.138 e. The summed E-state index contributed by atoms with van der Waals surface area (Å²) in [5.74, 6) is 0.972. The lowest BCUT2D eigenvalue weighted by molar-refractivity contribution is -0.272. The smallest absolute Gasteiger partial charge is 0.138 e. The van der Waals surface area contributed by atoms with E-state index in [0.29, 0.717) is 18.1 Å². The van der Waals surface area contributed by atoms with Gasteiger partial charge >= 0.3 is 0 Å². The third kappa shape index (κ3) is 5.07. The van der Waals surface area contributed by atoms with Crippen molar-refractivity contribution in [3.8, 4) is 0 Å². The fourth-order valence-electron chi connectivity index (χ4n) is 3.88. The van der Waals surface area contributed by atoms with E-state index in [2.05, 4.69) is 32.8 Å². The van der Waals surface area contributed by atoms with Crippen LogP contribution in [0.15, 0.2) is 0 Å². The molecule has 0 aromatic heterocycles. The molecule has 3 heteroatoms. The van der Waals surface area contributed by atoms with Crippen molar-refractivity contribution in [2.24, 2.45) is 11.3 Å². The summed E-state index contributed by atoms with van der Waals surface area (Å²) >= 11 is 0. The van der Waals surface area contributed by atoms with E-state index in [0.717, 1.165) is 19.3 Å². The van der Waals surface area contributed by atoms with Gasteiger partial charge in [-0.1, -0.05) is 28.2 Å². The molecule has 0 amide bonds. The predicted octanol–water partition coefficient (Wildman–Crippen LogP) is 4.85. The molecule has 0 atom stereocenters. The first-order valence-corrected chi connectivity index (χ1v) is 7.78. The summed E-state index contributed by atoms with van der Waals surface area (Å²) in [5.41, 5.74) is -0.170. The van der Waals surface area contributed by atoms with Gasteiger partial charge in [-0.3, -0.25) is 4.79 Å². The lowest BCUT2D eigenvalue weighted by Gasteiger charge is -2.53. The zero-order chi connectivity index (χ0) is 15.8. The molecule has 21 heavy (non-hydrogen) atoms. The summed E-state index contributed by atoms with van der Waals surface area (Å²) in [4.78, 5) is 17.7. The first-order chi connectivity index (χ1) is 8.90. The Kier molecular flexibility index (Phi) is 6.65. The Balaban J connectivity index is 0.00000400. The van der Waals surface area contributed by atoms with Crippen LogP contribution in [-0.4, -0.2) is 29.0 Å². The minimum atomic E-state index is -0.210. The molecule has 3 nitrogen and oxygen atoms in total. The van der Waals surface area contributed by atoms with Crippen LogP contribution >= 0.6 is 0 Å². The summed E-state index contributed by atoms with van der Waals surface area (Å²) in [6.07, 6.45) is 3.87. The van der Waals surface area contributed by atoms with Gasteiger partial charge in [0.15, 0.2) is 0 Å². The number of carbonyl (C=O) groups excluding carboxylic acids is 1. The molecule has 0 unspecified atom stereocenters. The molecule has 1 fully saturated rings. The molecule has 126 valence electrons. The van der Waals surface area contributed by atoms with Gasteiger partial charge in [-0.2, -0.15) is 5.06 Å². The predicted molar refractivity (Wildman–Crippen MR) is 90.2 cm³/mol. The standard InChI is InChI=1S/C17H33NO2.CH4/c1-15(2,3)14(19)10-9-13-11-16(4,5)18(20-8)17(6,7)12-13;/h13H,9-12H2,1-8H3;1H4. The quantitative estimate of drug-likeness (QED) is 0.743. The second-order valence-electron chi connectivity index (χ2n) is 8.59. The first-order valence-electron chi connectivity index (χ1n) is 7.78. The van der Waals surface area contributed by atoms with E-state index in [1.54, 1.807) is 7.11 Å². The number of hydrogen-bond acceptors (Lipinski definition) is 3. The van der Waals surface area contributed by atoms with Crippen LogP contribution in [0.1, 0.15) is 81.6 Å². The molecule has 1 aliphatic rings. The lowest BCUT2D eigenvalue weighted by atomic mass is 9.73. The minimum Gasteiger partial charge on any atom is -0.301 e. The molecular formula is C18H37NO2. The minimum absolute atomic E-state index is 0. The van der Waals surface area contributed by atoms with Crippen LogP contribution in [-0.2, 0) is 9.63 Å². The van der Waals surface area contributed by atoms with Crippen LogP contribution in [0.4, 0.5) is 0 Å². The van der Waals surface area contributed by atoms with Crippen LogP contribution in [0.25, 0.3) is 0 Å². The molecule has 0 radical (unpaired) electrons. The molecular weight excluding hydrogens is 262 g/mol. The lowest BCUT2D eigenvalue weighted by Crippen LogP contribution is -2.59. The molecule has 0 N–H and O–H groups in total. The highest BCUT2D eigenvalue weighted by Crippen LogP contribution is 2.43. The number of piperidine rings is 1. The van der Waals surface area contributed by atoms with Gasteiger partial charge in [-0.15, -0.1) is 0 Å². The SMILES string of the molecule is C.CON1C(C)(C)CC(CCC(=O)C(C)(C)C)CC1(C)C. The Morgan fingerprint density at radius 2 is 1.57 bits per heavy atom. The summed E-state index contributed by atoms with van der Waals surface area (Å²) in [7, 11) is 1.76. The normalized spacial score (nSPS) is 22.7. The summed E-state index contributed by atoms with van der Waals surface area (Å²) in [6.45, 7) is 15.0. The van der Waals surface area contributed by atoms with E-state index >= 15 is 0 Å². The van der Waals surface area contributed by atoms with Crippen LogP contribution in [0, 0.1) is 11.3 Å². The van der Waals surface area contributed by atoms with Crippen LogP contribution in [0.5, 0.6) is 0 Å². The first kappa shape index (κ1) is 20.6. The highest BCUT2D eigenvalue weighted by Gasteiger charge is 2.45. The number of carbonyl (C=O) groups is 1. The molecule has 0 aromatic rings. The second kappa shape index (κ2) is 6.78. The average Bonchev–Trinajstić information content (AvgIpc) is 2.21. The van der Waals surface area contributed by atoms with Gasteiger partial charge in [0, 0.05) is 22.9 Å². The summed E-state index contributed by atoms with van der Waals surface area (Å²) in [5, 5.41) is 2.13. The van der Waals surface area contributed by atoms with Crippen LogP contribution < -0.4 is 0 Å². The zero-order valence-electron chi connectivity index (χ0n) is 14.7. The average molecular weight is 299 g/mol. The van der Waals surface area contributed by atoms with Crippen molar-refractivity contribution in [1.29, 1.82) is 0 Å². The molecule has 1 aliphatic heterocycles. The third-order valence-electron chi connectivity index (χ3n) is 4.47.